The highest BCUT2D eigenvalue weighted by atomic mass is 127. The van der Waals surface area contributed by atoms with Crippen molar-refractivity contribution in [2.24, 2.45) is 0 Å². The summed E-state index contributed by atoms with van der Waals surface area (Å²) in [5.41, 5.74) is 1.32. The molecule has 0 aliphatic carbocycles. The van der Waals surface area contributed by atoms with E-state index >= 15 is 0 Å². The van der Waals surface area contributed by atoms with E-state index in [2.05, 4.69) is 81.2 Å². The first-order chi connectivity index (χ1) is 7.63. The van der Waals surface area contributed by atoms with Crippen LogP contribution in [0.5, 0.6) is 0 Å². The Morgan fingerprint density at radius 1 is 1.44 bits per heavy atom. The Morgan fingerprint density at radius 2 is 2.19 bits per heavy atom. The highest BCUT2D eigenvalue weighted by Crippen LogP contribution is 2.19. The van der Waals surface area contributed by atoms with Crippen molar-refractivity contribution in [2.45, 2.75) is 26.4 Å². The second-order valence-corrected chi connectivity index (χ2v) is 5.93. The number of nitrogens with one attached hydrogen (secondary N) is 2. The molecule has 1 atom stereocenters. The molecule has 0 amide bonds. The van der Waals surface area contributed by atoms with Crippen LogP contribution in [0.2, 0.25) is 0 Å². The number of hydrogen-bond acceptors (Lipinski definition) is 2. The first-order valence-corrected chi connectivity index (χ1v) is 7.38. The lowest BCUT2D eigenvalue weighted by atomic mass is 10.2. The summed E-state index contributed by atoms with van der Waals surface area (Å²) in [6.45, 7) is 7.27. The van der Waals surface area contributed by atoms with Gasteiger partial charge in [-0.05, 0) is 59.8 Å². The maximum Gasteiger partial charge on any atom is 0.0220 e. The van der Waals surface area contributed by atoms with Crippen LogP contribution in [0.1, 0.15) is 19.4 Å². The van der Waals surface area contributed by atoms with Crippen molar-refractivity contribution in [3.8, 4) is 0 Å². The van der Waals surface area contributed by atoms with E-state index in [9.17, 15) is 0 Å². The van der Waals surface area contributed by atoms with Gasteiger partial charge in [-0.2, -0.15) is 0 Å². The molecule has 0 fully saturated rings. The lowest BCUT2D eigenvalue weighted by molar-refractivity contribution is 0.508. The van der Waals surface area contributed by atoms with Gasteiger partial charge in [-0.15, -0.1) is 0 Å². The Kier molecular flexibility index (Phi) is 6.87. The topological polar surface area (TPSA) is 24.1 Å². The molecule has 1 rings (SSSR count). The number of hydrogen-bond donors (Lipinski definition) is 2. The molecule has 4 heteroatoms. The number of halogens is 2. The maximum atomic E-state index is 3.57. The van der Waals surface area contributed by atoms with Gasteiger partial charge in [-0.25, -0.2) is 0 Å². The van der Waals surface area contributed by atoms with E-state index < -0.39 is 0 Å². The van der Waals surface area contributed by atoms with Gasteiger partial charge in [0.2, 0.25) is 0 Å². The number of rotatable bonds is 6. The maximum absolute atomic E-state index is 3.57. The second-order valence-electron chi connectivity index (χ2n) is 3.83. The Labute approximate surface area is 120 Å². The molecule has 16 heavy (non-hydrogen) atoms. The van der Waals surface area contributed by atoms with Gasteiger partial charge in [-0.1, -0.05) is 22.9 Å². The molecule has 0 aliphatic heterocycles. The Morgan fingerprint density at radius 3 is 2.88 bits per heavy atom. The lowest BCUT2D eigenvalue weighted by Crippen LogP contribution is -2.35. The van der Waals surface area contributed by atoms with E-state index in [1.54, 1.807) is 0 Å². The van der Waals surface area contributed by atoms with Gasteiger partial charge >= 0.3 is 0 Å². The van der Waals surface area contributed by atoms with Gasteiger partial charge in [0.15, 0.2) is 0 Å². The Hall–Kier alpha value is 0.350. The molecule has 0 aromatic heterocycles. The van der Waals surface area contributed by atoms with E-state index in [4.69, 9.17) is 0 Å². The van der Waals surface area contributed by atoms with Crippen molar-refractivity contribution in [1.29, 1.82) is 0 Å². The van der Waals surface area contributed by atoms with Crippen LogP contribution in [0.25, 0.3) is 0 Å². The summed E-state index contributed by atoms with van der Waals surface area (Å²) < 4.78 is 2.45. The van der Waals surface area contributed by atoms with Gasteiger partial charge in [0.05, 0.1) is 0 Å². The lowest BCUT2D eigenvalue weighted by Gasteiger charge is -2.15. The molecule has 90 valence electrons. The standard InChI is InChI=1S/C12H18BrIN2/c1-3-15-7-9(2)16-8-10-6-11(14)4-5-12(10)13/h4-6,9,15-16H,3,7-8H2,1-2H3. The van der Waals surface area contributed by atoms with Gasteiger partial charge < -0.3 is 10.6 Å². The highest BCUT2D eigenvalue weighted by molar-refractivity contribution is 14.1. The third-order valence-corrected chi connectivity index (χ3v) is 3.79. The molecule has 0 aliphatic rings. The molecule has 0 saturated heterocycles. The molecule has 2 N–H and O–H groups in total. The molecule has 0 saturated carbocycles. The zero-order valence-corrected chi connectivity index (χ0v) is 13.4. The fourth-order valence-electron chi connectivity index (χ4n) is 1.40. The van der Waals surface area contributed by atoms with E-state index in [0.717, 1.165) is 19.6 Å². The molecule has 0 bridgehead atoms. The average molecular weight is 397 g/mol. The van der Waals surface area contributed by atoms with Gasteiger partial charge in [0, 0.05) is 27.2 Å². The summed E-state index contributed by atoms with van der Waals surface area (Å²) in [5.74, 6) is 0. The third kappa shape index (κ3) is 5.12. The molecular formula is C12H18BrIN2. The largest absolute Gasteiger partial charge is 0.315 e. The summed E-state index contributed by atoms with van der Waals surface area (Å²) in [5, 5.41) is 6.84. The first kappa shape index (κ1) is 14.4. The molecule has 2 nitrogen and oxygen atoms in total. The van der Waals surface area contributed by atoms with Crippen LogP contribution in [0, 0.1) is 3.57 Å². The molecule has 1 aromatic carbocycles. The van der Waals surface area contributed by atoms with Crippen LogP contribution in [0.4, 0.5) is 0 Å². The van der Waals surface area contributed by atoms with Crippen LogP contribution in [-0.4, -0.2) is 19.1 Å². The zero-order chi connectivity index (χ0) is 12.0. The Bertz CT molecular complexity index is 331. The van der Waals surface area contributed by atoms with Crippen molar-refractivity contribution >= 4 is 38.5 Å². The third-order valence-electron chi connectivity index (χ3n) is 2.35. The summed E-state index contributed by atoms with van der Waals surface area (Å²) >= 11 is 5.92. The Balaban J connectivity index is 2.44. The normalized spacial score (nSPS) is 12.8. The highest BCUT2D eigenvalue weighted by Gasteiger charge is 2.03. The van der Waals surface area contributed by atoms with Crippen LogP contribution >= 0.6 is 38.5 Å². The van der Waals surface area contributed by atoms with E-state index in [1.165, 1.54) is 13.6 Å². The number of benzene rings is 1. The molecule has 1 aromatic rings. The van der Waals surface area contributed by atoms with Crippen molar-refractivity contribution in [3.05, 3.63) is 31.8 Å². The minimum atomic E-state index is 0.490. The minimum Gasteiger partial charge on any atom is -0.315 e. The monoisotopic (exact) mass is 396 g/mol. The zero-order valence-electron chi connectivity index (χ0n) is 9.69. The van der Waals surface area contributed by atoms with Crippen molar-refractivity contribution in [1.82, 2.24) is 10.6 Å². The minimum absolute atomic E-state index is 0.490. The predicted molar refractivity (Wildman–Crippen MR) is 81.7 cm³/mol. The second kappa shape index (κ2) is 7.63. The molecule has 0 spiro atoms. The smallest absolute Gasteiger partial charge is 0.0220 e. The van der Waals surface area contributed by atoms with Gasteiger partial charge in [0.25, 0.3) is 0 Å². The van der Waals surface area contributed by atoms with Crippen molar-refractivity contribution in [3.63, 3.8) is 0 Å². The van der Waals surface area contributed by atoms with Crippen molar-refractivity contribution < 1.29 is 0 Å². The molecule has 0 radical (unpaired) electrons. The molecule has 0 heterocycles. The van der Waals surface area contributed by atoms with Crippen LogP contribution in [-0.2, 0) is 6.54 Å². The summed E-state index contributed by atoms with van der Waals surface area (Å²) in [7, 11) is 0. The van der Waals surface area contributed by atoms with Gasteiger partial charge in [-0.3, -0.25) is 0 Å². The predicted octanol–water partition coefficient (Wildman–Crippen LogP) is 3.14. The van der Waals surface area contributed by atoms with Crippen LogP contribution < -0.4 is 10.6 Å². The van der Waals surface area contributed by atoms with Crippen molar-refractivity contribution in [2.75, 3.05) is 13.1 Å². The average Bonchev–Trinajstić information content (AvgIpc) is 2.27. The van der Waals surface area contributed by atoms with Gasteiger partial charge in [0.1, 0.15) is 0 Å². The summed E-state index contributed by atoms with van der Waals surface area (Å²) in [6.07, 6.45) is 0. The van der Waals surface area contributed by atoms with Crippen LogP contribution in [0.3, 0.4) is 0 Å². The van der Waals surface area contributed by atoms with E-state index in [1.807, 2.05) is 0 Å². The number of likely N-dealkylation sites (N-methyl/N-ethyl adjacent to an activating group) is 1. The fourth-order valence-corrected chi connectivity index (χ4v) is 2.34. The molecular weight excluding hydrogens is 379 g/mol. The first-order valence-electron chi connectivity index (χ1n) is 5.51. The SMILES string of the molecule is CCNCC(C)NCc1cc(I)ccc1Br. The van der Waals surface area contributed by atoms with Crippen LogP contribution in [0.15, 0.2) is 22.7 Å². The quantitative estimate of drug-likeness (QED) is 0.722. The fraction of sp³-hybridized carbons (Fsp3) is 0.500. The molecule has 1 unspecified atom stereocenters. The summed E-state index contributed by atoms with van der Waals surface area (Å²) in [4.78, 5) is 0. The van der Waals surface area contributed by atoms with E-state index in [-0.39, 0.29) is 0 Å². The summed E-state index contributed by atoms with van der Waals surface area (Å²) in [6, 6.07) is 6.91. The van der Waals surface area contributed by atoms with E-state index in [0.29, 0.717) is 6.04 Å².